The maximum absolute atomic E-state index is 6.22. The second-order valence-corrected chi connectivity index (χ2v) is 6.74. The van der Waals surface area contributed by atoms with E-state index in [0.717, 1.165) is 37.4 Å². The zero-order chi connectivity index (χ0) is 17.8. The Balaban J connectivity index is 1.79. The average Bonchev–Trinajstić information content (AvgIpc) is 2.63. The molecule has 25 heavy (non-hydrogen) atoms. The number of hydrogen-bond acceptors (Lipinski definition) is 7. The van der Waals surface area contributed by atoms with E-state index in [1.165, 1.54) is 0 Å². The number of benzene rings is 1. The van der Waals surface area contributed by atoms with Crippen LogP contribution in [0.3, 0.4) is 0 Å². The molecule has 0 spiro atoms. The van der Waals surface area contributed by atoms with Gasteiger partial charge in [-0.05, 0) is 38.1 Å². The number of aromatic nitrogens is 3. The van der Waals surface area contributed by atoms with Gasteiger partial charge in [0, 0.05) is 50.5 Å². The van der Waals surface area contributed by atoms with Gasteiger partial charge < -0.3 is 15.6 Å². The average molecular weight is 362 g/mol. The molecule has 3 rings (SSSR count). The maximum Gasteiger partial charge on any atom is 0.194 e. The lowest BCUT2D eigenvalue weighted by atomic mass is 10.2. The Morgan fingerprint density at radius 3 is 2.48 bits per heavy atom. The SMILES string of the molecule is CC(C)N(C)Nc1ccc(-c2nnc(Cl)c(N3CCNCC3)n2)cc1. The van der Waals surface area contributed by atoms with Gasteiger partial charge in [0.1, 0.15) is 0 Å². The Labute approximate surface area is 153 Å². The Morgan fingerprint density at radius 2 is 1.84 bits per heavy atom. The number of anilines is 2. The predicted molar refractivity (Wildman–Crippen MR) is 102 cm³/mol. The van der Waals surface area contributed by atoms with E-state index < -0.39 is 0 Å². The van der Waals surface area contributed by atoms with Gasteiger partial charge in [0.05, 0.1) is 0 Å². The van der Waals surface area contributed by atoms with Crippen LogP contribution in [-0.2, 0) is 0 Å². The van der Waals surface area contributed by atoms with Crippen molar-refractivity contribution >= 4 is 23.1 Å². The van der Waals surface area contributed by atoms with Crippen LogP contribution in [0.5, 0.6) is 0 Å². The van der Waals surface area contributed by atoms with E-state index in [1.54, 1.807) is 0 Å². The van der Waals surface area contributed by atoms with Gasteiger partial charge in [0.2, 0.25) is 0 Å². The molecule has 1 aromatic carbocycles. The molecule has 1 aromatic heterocycles. The highest BCUT2D eigenvalue weighted by Gasteiger charge is 2.18. The van der Waals surface area contributed by atoms with Crippen LogP contribution in [0.4, 0.5) is 11.5 Å². The molecular weight excluding hydrogens is 338 g/mol. The number of halogens is 1. The monoisotopic (exact) mass is 361 g/mol. The summed E-state index contributed by atoms with van der Waals surface area (Å²) in [4.78, 5) is 6.79. The first-order chi connectivity index (χ1) is 12.0. The van der Waals surface area contributed by atoms with E-state index in [4.69, 9.17) is 11.6 Å². The Kier molecular flexibility index (Phi) is 5.67. The maximum atomic E-state index is 6.22. The highest BCUT2D eigenvalue weighted by atomic mass is 35.5. The number of rotatable bonds is 5. The van der Waals surface area contributed by atoms with Crippen LogP contribution in [0.2, 0.25) is 5.15 Å². The van der Waals surface area contributed by atoms with Crippen molar-refractivity contribution in [3.05, 3.63) is 29.4 Å². The quantitative estimate of drug-likeness (QED) is 0.791. The van der Waals surface area contributed by atoms with Crippen molar-refractivity contribution in [2.45, 2.75) is 19.9 Å². The topological polar surface area (TPSA) is 69.2 Å². The lowest BCUT2D eigenvalue weighted by Crippen LogP contribution is -2.44. The number of nitrogens with zero attached hydrogens (tertiary/aromatic N) is 5. The highest BCUT2D eigenvalue weighted by molar-refractivity contribution is 6.31. The molecule has 1 saturated heterocycles. The molecule has 0 aliphatic carbocycles. The van der Waals surface area contributed by atoms with E-state index in [1.807, 2.05) is 31.3 Å². The molecule has 2 aromatic rings. The fraction of sp³-hybridized carbons (Fsp3) is 0.471. The van der Waals surface area contributed by atoms with Crippen LogP contribution >= 0.6 is 11.6 Å². The summed E-state index contributed by atoms with van der Waals surface area (Å²) in [5, 5.41) is 14.0. The molecule has 0 atom stereocenters. The van der Waals surface area contributed by atoms with Gasteiger partial charge in [0.15, 0.2) is 16.8 Å². The fourth-order valence-corrected chi connectivity index (χ4v) is 2.73. The van der Waals surface area contributed by atoms with Crippen molar-refractivity contribution < 1.29 is 0 Å². The van der Waals surface area contributed by atoms with E-state index in [0.29, 0.717) is 22.8 Å². The number of piperazine rings is 1. The van der Waals surface area contributed by atoms with Crippen molar-refractivity contribution in [2.75, 3.05) is 43.6 Å². The molecule has 0 radical (unpaired) electrons. The van der Waals surface area contributed by atoms with E-state index in [2.05, 4.69) is 49.7 Å². The van der Waals surface area contributed by atoms with E-state index >= 15 is 0 Å². The van der Waals surface area contributed by atoms with Gasteiger partial charge in [-0.15, -0.1) is 10.2 Å². The van der Waals surface area contributed by atoms with Crippen molar-refractivity contribution in [1.29, 1.82) is 0 Å². The smallest absolute Gasteiger partial charge is 0.194 e. The lowest BCUT2D eigenvalue weighted by Gasteiger charge is -2.28. The first kappa shape index (κ1) is 17.8. The fourth-order valence-electron chi connectivity index (χ4n) is 2.53. The Bertz CT molecular complexity index is 699. The molecule has 0 saturated carbocycles. The van der Waals surface area contributed by atoms with Crippen molar-refractivity contribution in [2.24, 2.45) is 0 Å². The molecule has 7 nitrogen and oxygen atoms in total. The molecule has 2 heterocycles. The normalized spacial score (nSPS) is 15.0. The predicted octanol–water partition coefficient (Wildman–Crippen LogP) is 2.27. The summed E-state index contributed by atoms with van der Waals surface area (Å²) in [6, 6.07) is 8.41. The van der Waals surface area contributed by atoms with Crippen molar-refractivity contribution in [3.8, 4) is 11.4 Å². The van der Waals surface area contributed by atoms with Crippen LogP contribution in [0.1, 0.15) is 13.8 Å². The first-order valence-corrected chi connectivity index (χ1v) is 8.88. The third kappa shape index (κ3) is 4.36. The van der Waals surface area contributed by atoms with Crippen LogP contribution in [-0.4, -0.2) is 59.5 Å². The summed E-state index contributed by atoms with van der Waals surface area (Å²) in [5.74, 6) is 1.29. The van der Waals surface area contributed by atoms with Crippen LogP contribution < -0.4 is 15.6 Å². The van der Waals surface area contributed by atoms with Gasteiger partial charge in [-0.25, -0.2) is 9.99 Å². The molecule has 1 aliphatic rings. The second kappa shape index (κ2) is 7.95. The molecule has 0 bridgehead atoms. The van der Waals surface area contributed by atoms with Crippen molar-refractivity contribution in [1.82, 2.24) is 25.5 Å². The molecule has 0 unspecified atom stereocenters. The minimum Gasteiger partial charge on any atom is -0.351 e. The Hall–Kier alpha value is -1.96. The summed E-state index contributed by atoms with van der Waals surface area (Å²) >= 11 is 6.22. The van der Waals surface area contributed by atoms with Crippen molar-refractivity contribution in [3.63, 3.8) is 0 Å². The van der Waals surface area contributed by atoms with Gasteiger partial charge in [0.25, 0.3) is 0 Å². The standard InChI is InChI=1S/C17H24ClN7/c1-12(2)24(3)23-14-6-4-13(5-7-14)16-20-17(15(18)21-22-16)25-10-8-19-9-11-25/h4-7,12,19,23H,8-11H2,1-3H3. The summed E-state index contributed by atoms with van der Waals surface area (Å²) in [6.07, 6.45) is 0. The lowest BCUT2D eigenvalue weighted by molar-refractivity contribution is 0.330. The summed E-state index contributed by atoms with van der Waals surface area (Å²) in [7, 11) is 2.02. The number of nitrogens with one attached hydrogen (secondary N) is 2. The number of hydrogen-bond donors (Lipinski definition) is 2. The summed E-state index contributed by atoms with van der Waals surface area (Å²) in [5.41, 5.74) is 5.27. The molecule has 2 N–H and O–H groups in total. The molecule has 1 fully saturated rings. The minimum atomic E-state index is 0.350. The highest BCUT2D eigenvalue weighted by Crippen LogP contribution is 2.25. The summed E-state index contributed by atoms with van der Waals surface area (Å²) in [6.45, 7) is 7.82. The van der Waals surface area contributed by atoms with E-state index in [9.17, 15) is 0 Å². The van der Waals surface area contributed by atoms with Gasteiger partial charge in [-0.3, -0.25) is 0 Å². The minimum absolute atomic E-state index is 0.350. The van der Waals surface area contributed by atoms with Crippen LogP contribution in [0.15, 0.2) is 24.3 Å². The zero-order valence-electron chi connectivity index (χ0n) is 14.8. The van der Waals surface area contributed by atoms with Gasteiger partial charge >= 0.3 is 0 Å². The third-order valence-electron chi connectivity index (χ3n) is 4.27. The second-order valence-electron chi connectivity index (χ2n) is 6.38. The van der Waals surface area contributed by atoms with Gasteiger partial charge in [-0.1, -0.05) is 11.6 Å². The van der Waals surface area contributed by atoms with Gasteiger partial charge in [-0.2, -0.15) is 0 Å². The molecule has 0 amide bonds. The molecule has 134 valence electrons. The van der Waals surface area contributed by atoms with Crippen LogP contribution in [0.25, 0.3) is 11.4 Å². The van der Waals surface area contributed by atoms with Crippen LogP contribution in [0, 0.1) is 0 Å². The molecular formula is C17H24ClN7. The molecule has 1 aliphatic heterocycles. The largest absolute Gasteiger partial charge is 0.351 e. The third-order valence-corrected chi connectivity index (χ3v) is 4.51. The number of hydrazine groups is 1. The first-order valence-electron chi connectivity index (χ1n) is 8.50. The summed E-state index contributed by atoms with van der Waals surface area (Å²) < 4.78 is 0. The Morgan fingerprint density at radius 1 is 1.16 bits per heavy atom. The molecule has 8 heteroatoms. The van der Waals surface area contributed by atoms with E-state index in [-0.39, 0.29) is 0 Å². The zero-order valence-corrected chi connectivity index (χ0v) is 15.6.